The lowest BCUT2D eigenvalue weighted by molar-refractivity contribution is 0.0763. The SMILES string of the molecule is CC.Cc1cnc(-n2cncc(C(C)(C)O)c2=O)cc1-n1c(C)cc(OCc2ncc(F)cc2F)c(Cl)c1=O. The summed E-state index contributed by atoms with van der Waals surface area (Å²) < 4.78 is 35.0. The van der Waals surface area contributed by atoms with Crippen molar-refractivity contribution >= 4 is 11.6 Å². The van der Waals surface area contributed by atoms with Crippen molar-refractivity contribution in [2.45, 2.75) is 53.8 Å². The number of aromatic nitrogens is 5. The van der Waals surface area contributed by atoms with E-state index in [1.165, 1.54) is 53.8 Å². The lowest BCUT2D eigenvalue weighted by atomic mass is 10.0. The van der Waals surface area contributed by atoms with Gasteiger partial charge < -0.3 is 9.84 Å². The number of rotatable bonds is 6. The van der Waals surface area contributed by atoms with Crippen LogP contribution in [0.25, 0.3) is 11.5 Å². The summed E-state index contributed by atoms with van der Waals surface area (Å²) >= 11 is 6.32. The van der Waals surface area contributed by atoms with E-state index in [0.717, 1.165) is 6.20 Å². The van der Waals surface area contributed by atoms with Crippen LogP contribution in [-0.2, 0) is 12.2 Å². The number of nitrogens with zero attached hydrogens (tertiary/aromatic N) is 5. The highest BCUT2D eigenvalue weighted by Crippen LogP contribution is 2.26. The van der Waals surface area contributed by atoms with Gasteiger partial charge in [-0.05, 0) is 33.3 Å². The highest BCUT2D eigenvalue weighted by molar-refractivity contribution is 6.31. The molecule has 0 aliphatic carbocycles. The molecule has 0 saturated carbocycles. The van der Waals surface area contributed by atoms with E-state index < -0.39 is 28.4 Å². The molecule has 4 heterocycles. The monoisotopic (exact) mass is 559 g/mol. The summed E-state index contributed by atoms with van der Waals surface area (Å²) in [6.07, 6.45) is 4.89. The molecular formula is C27H28ClF2N5O4. The van der Waals surface area contributed by atoms with Crippen LogP contribution in [0.3, 0.4) is 0 Å². The van der Waals surface area contributed by atoms with Crippen LogP contribution in [0.4, 0.5) is 8.78 Å². The van der Waals surface area contributed by atoms with E-state index in [1.54, 1.807) is 13.8 Å². The van der Waals surface area contributed by atoms with Gasteiger partial charge in [0.05, 0.1) is 23.0 Å². The summed E-state index contributed by atoms with van der Waals surface area (Å²) in [6.45, 7) is 9.94. The predicted molar refractivity (Wildman–Crippen MR) is 143 cm³/mol. The van der Waals surface area contributed by atoms with Gasteiger partial charge in [-0.3, -0.25) is 23.7 Å². The zero-order valence-electron chi connectivity index (χ0n) is 22.3. The molecular weight excluding hydrogens is 532 g/mol. The van der Waals surface area contributed by atoms with Gasteiger partial charge in [0, 0.05) is 36.3 Å². The Balaban J connectivity index is 0.00000205. The molecule has 0 saturated heterocycles. The van der Waals surface area contributed by atoms with Crippen LogP contribution in [-0.4, -0.2) is 29.2 Å². The number of aliphatic hydroxyl groups is 1. The van der Waals surface area contributed by atoms with Crippen LogP contribution in [0.15, 0.2) is 52.7 Å². The lowest BCUT2D eigenvalue weighted by Crippen LogP contribution is -2.32. The fourth-order valence-electron chi connectivity index (χ4n) is 3.65. The van der Waals surface area contributed by atoms with Gasteiger partial charge in [-0.2, -0.15) is 0 Å². The van der Waals surface area contributed by atoms with Crippen molar-refractivity contribution in [3.8, 4) is 17.3 Å². The molecule has 0 atom stereocenters. The third-order valence-corrected chi connectivity index (χ3v) is 5.94. The Morgan fingerprint density at radius 1 is 1.03 bits per heavy atom. The number of hydrogen-bond acceptors (Lipinski definition) is 7. The first-order valence-electron chi connectivity index (χ1n) is 12.0. The molecule has 0 amide bonds. The molecule has 0 spiro atoms. The van der Waals surface area contributed by atoms with Gasteiger partial charge in [-0.25, -0.2) is 18.7 Å². The molecule has 12 heteroatoms. The molecule has 0 aliphatic heterocycles. The first-order valence-corrected chi connectivity index (χ1v) is 12.4. The van der Waals surface area contributed by atoms with Gasteiger partial charge >= 0.3 is 0 Å². The van der Waals surface area contributed by atoms with Crippen molar-refractivity contribution in [3.63, 3.8) is 0 Å². The molecule has 0 bridgehead atoms. The average Bonchev–Trinajstić information content (AvgIpc) is 2.88. The quantitative estimate of drug-likeness (QED) is 0.369. The zero-order chi connectivity index (χ0) is 29.1. The number of halogens is 3. The van der Waals surface area contributed by atoms with Crippen LogP contribution in [0.5, 0.6) is 5.75 Å². The number of ether oxygens (including phenoxy) is 1. The molecule has 0 aliphatic rings. The largest absolute Gasteiger partial charge is 0.485 e. The molecule has 206 valence electrons. The van der Waals surface area contributed by atoms with Crippen LogP contribution in [0.1, 0.15) is 50.2 Å². The van der Waals surface area contributed by atoms with Crippen LogP contribution >= 0.6 is 11.6 Å². The van der Waals surface area contributed by atoms with Gasteiger partial charge in [0.15, 0.2) is 5.82 Å². The molecule has 9 nitrogen and oxygen atoms in total. The van der Waals surface area contributed by atoms with E-state index in [0.29, 0.717) is 23.0 Å². The summed E-state index contributed by atoms with van der Waals surface area (Å²) in [4.78, 5) is 38.2. The normalized spacial score (nSPS) is 11.1. The molecule has 4 aromatic rings. The summed E-state index contributed by atoms with van der Waals surface area (Å²) in [7, 11) is 0. The summed E-state index contributed by atoms with van der Waals surface area (Å²) in [6, 6.07) is 3.70. The Morgan fingerprint density at radius 3 is 2.36 bits per heavy atom. The van der Waals surface area contributed by atoms with E-state index in [9.17, 15) is 23.5 Å². The van der Waals surface area contributed by atoms with Gasteiger partial charge in [-0.15, -0.1) is 0 Å². The smallest absolute Gasteiger partial charge is 0.277 e. The predicted octanol–water partition coefficient (Wildman–Crippen LogP) is 4.55. The Morgan fingerprint density at radius 2 is 1.72 bits per heavy atom. The van der Waals surface area contributed by atoms with Gasteiger partial charge in [0.1, 0.15) is 41.0 Å². The van der Waals surface area contributed by atoms with Crippen LogP contribution in [0, 0.1) is 25.5 Å². The van der Waals surface area contributed by atoms with Crippen LogP contribution < -0.4 is 15.9 Å². The van der Waals surface area contributed by atoms with E-state index in [-0.39, 0.29) is 34.5 Å². The summed E-state index contributed by atoms with van der Waals surface area (Å²) in [5.41, 5.74) is -1.22. The second-order valence-corrected chi connectivity index (χ2v) is 9.22. The number of pyridine rings is 3. The first kappa shape index (κ1) is 29.6. The van der Waals surface area contributed by atoms with Crippen molar-refractivity contribution in [1.29, 1.82) is 0 Å². The maximum atomic E-state index is 13.9. The molecule has 4 aromatic heterocycles. The van der Waals surface area contributed by atoms with E-state index in [2.05, 4.69) is 15.0 Å². The molecule has 0 aromatic carbocycles. The standard InChI is InChI=1S/C25H22ClF2N5O4.C2H6/c1-13-8-31-21(32-12-29-10-16(23(32)34)25(3,4)36)7-19(13)33-14(2)5-20(22(26)24(33)35)37-11-18-17(28)6-15(27)9-30-18;1-2/h5-10,12,36H,11H2,1-4H3;1-2H3. The summed E-state index contributed by atoms with van der Waals surface area (Å²) in [5, 5.41) is 10.0. The maximum absolute atomic E-state index is 13.9. The van der Waals surface area contributed by atoms with Gasteiger partial charge in [0.2, 0.25) is 0 Å². The molecule has 0 unspecified atom stereocenters. The van der Waals surface area contributed by atoms with E-state index >= 15 is 0 Å². The second kappa shape index (κ2) is 11.8. The first-order chi connectivity index (χ1) is 18.4. The minimum absolute atomic E-state index is 0.00354. The fourth-order valence-corrected chi connectivity index (χ4v) is 3.84. The third-order valence-electron chi connectivity index (χ3n) is 5.59. The topological polar surface area (TPSA) is 112 Å². The van der Waals surface area contributed by atoms with Gasteiger partial charge in [0.25, 0.3) is 11.1 Å². The van der Waals surface area contributed by atoms with Gasteiger partial charge in [-0.1, -0.05) is 25.4 Å². The lowest BCUT2D eigenvalue weighted by Gasteiger charge is -2.19. The van der Waals surface area contributed by atoms with E-state index in [4.69, 9.17) is 16.3 Å². The minimum atomic E-state index is -1.43. The maximum Gasteiger partial charge on any atom is 0.277 e. The minimum Gasteiger partial charge on any atom is -0.485 e. The third kappa shape index (κ3) is 6.21. The molecule has 4 rings (SSSR count). The van der Waals surface area contributed by atoms with Crippen molar-refractivity contribution in [1.82, 2.24) is 24.1 Å². The number of hydrogen-bond donors (Lipinski definition) is 1. The van der Waals surface area contributed by atoms with Crippen molar-refractivity contribution in [3.05, 3.63) is 103 Å². The van der Waals surface area contributed by atoms with Crippen molar-refractivity contribution in [2.24, 2.45) is 0 Å². The Labute approximate surface area is 228 Å². The fraction of sp³-hybridized carbons (Fsp3) is 0.296. The second-order valence-electron chi connectivity index (χ2n) is 8.85. The molecule has 1 N–H and O–H groups in total. The van der Waals surface area contributed by atoms with E-state index in [1.807, 2.05) is 13.8 Å². The Bertz CT molecular complexity index is 1630. The molecule has 0 fully saturated rings. The number of aryl methyl sites for hydroxylation is 2. The molecule has 39 heavy (non-hydrogen) atoms. The zero-order valence-corrected chi connectivity index (χ0v) is 23.0. The highest BCUT2D eigenvalue weighted by atomic mass is 35.5. The Kier molecular flexibility index (Phi) is 8.98. The Hall–Kier alpha value is -3.96. The molecule has 0 radical (unpaired) electrons. The average molecular weight is 560 g/mol. The van der Waals surface area contributed by atoms with Crippen LogP contribution in [0.2, 0.25) is 5.02 Å². The highest BCUT2D eigenvalue weighted by Gasteiger charge is 2.23. The summed E-state index contributed by atoms with van der Waals surface area (Å²) in [5.74, 6) is -1.55. The van der Waals surface area contributed by atoms with Crippen molar-refractivity contribution in [2.75, 3.05) is 0 Å². The van der Waals surface area contributed by atoms with Crippen molar-refractivity contribution < 1.29 is 18.6 Å².